The maximum Gasteiger partial charge on any atom is 0.144 e. The smallest absolute Gasteiger partial charge is 0.144 e. The van der Waals surface area contributed by atoms with Crippen LogP contribution in [0.5, 0.6) is 0 Å². The number of benzene rings is 1. The van der Waals surface area contributed by atoms with Crippen molar-refractivity contribution in [2.75, 3.05) is 6.54 Å². The van der Waals surface area contributed by atoms with Crippen molar-refractivity contribution in [3.05, 3.63) is 33.8 Å². The van der Waals surface area contributed by atoms with Crippen molar-refractivity contribution >= 4 is 21.7 Å². The van der Waals surface area contributed by atoms with E-state index in [1.54, 1.807) is 0 Å². The number of Topliss-reactive ketones (excluding diaryl/α,β-unsaturated/α-hetero) is 1. The van der Waals surface area contributed by atoms with E-state index in [4.69, 9.17) is 5.73 Å². The average Bonchev–Trinajstić information content (AvgIpc) is 2.48. The van der Waals surface area contributed by atoms with Crippen molar-refractivity contribution in [2.45, 2.75) is 39.0 Å². The standard InChI is InChI=1S/C16H20BrF2NO/c1-10-4-6-16(9-20,7-5-10)14(21)8-11-13(18)3-2-12(17)15(11)19/h2-3,10H,4-9,20H2,1H3. The molecule has 0 heterocycles. The van der Waals surface area contributed by atoms with E-state index < -0.39 is 17.0 Å². The topological polar surface area (TPSA) is 43.1 Å². The molecule has 5 heteroatoms. The molecular weight excluding hydrogens is 340 g/mol. The largest absolute Gasteiger partial charge is 0.329 e. The summed E-state index contributed by atoms with van der Waals surface area (Å²) in [6, 6.07) is 2.48. The molecule has 1 aromatic rings. The maximum absolute atomic E-state index is 14.0. The second-order valence-electron chi connectivity index (χ2n) is 6.09. The molecule has 2 nitrogen and oxygen atoms in total. The summed E-state index contributed by atoms with van der Waals surface area (Å²) < 4.78 is 28.0. The highest BCUT2D eigenvalue weighted by Crippen LogP contribution is 2.40. The highest BCUT2D eigenvalue weighted by atomic mass is 79.9. The summed E-state index contributed by atoms with van der Waals surface area (Å²) in [6.45, 7) is 2.40. The van der Waals surface area contributed by atoms with Gasteiger partial charge in [0, 0.05) is 23.9 Å². The third-order valence-electron chi connectivity index (χ3n) is 4.69. The summed E-state index contributed by atoms with van der Waals surface area (Å²) >= 11 is 3.03. The molecule has 2 rings (SSSR count). The number of halogens is 3. The molecule has 1 aliphatic rings. The molecular formula is C16H20BrF2NO. The van der Waals surface area contributed by atoms with Gasteiger partial charge in [-0.15, -0.1) is 0 Å². The highest BCUT2D eigenvalue weighted by Gasteiger charge is 2.39. The monoisotopic (exact) mass is 359 g/mol. The van der Waals surface area contributed by atoms with Crippen LogP contribution < -0.4 is 5.73 Å². The van der Waals surface area contributed by atoms with Gasteiger partial charge in [0.1, 0.15) is 17.4 Å². The van der Waals surface area contributed by atoms with Crippen LogP contribution in [-0.4, -0.2) is 12.3 Å². The lowest BCUT2D eigenvalue weighted by Gasteiger charge is -2.37. The van der Waals surface area contributed by atoms with Gasteiger partial charge in [-0.05, 0) is 59.7 Å². The van der Waals surface area contributed by atoms with Crippen molar-refractivity contribution < 1.29 is 13.6 Å². The first kappa shape index (κ1) is 16.6. The summed E-state index contributed by atoms with van der Waals surface area (Å²) in [7, 11) is 0. The van der Waals surface area contributed by atoms with Crippen LogP contribution in [0.1, 0.15) is 38.2 Å². The second kappa shape index (κ2) is 6.53. The Labute approximate surface area is 132 Å². The molecule has 116 valence electrons. The summed E-state index contributed by atoms with van der Waals surface area (Å²) in [5.74, 6) is -0.940. The van der Waals surface area contributed by atoms with Crippen LogP contribution in [0.25, 0.3) is 0 Å². The van der Waals surface area contributed by atoms with Crippen LogP contribution in [0.2, 0.25) is 0 Å². The number of nitrogens with two attached hydrogens (primary N) is 1. The molecule has 2 N–H and O–H groups in total. The maximum atomic E-state index is 14.0. The Balaban J connectivity index is 2.23. The number of hydrogen-bond donors (Lipinski definition) is 1. The Morgan fingerprint density at radius 3 is 2.57 bits per heavy atom. The second-order valence-corrected chi connectivity index (χ2v) is 6.94. The number of carbonyl (C=O) groups is 1. The Morgan fingerprint density at radius 1 is 1.38 bits per heavy atom. The molecule has 0 bridgehead atoms. The molecule has 1 fully saturated rings. The van der Waals surface area contributed by atoms with Gasteiger partial charge in [0.25, 0.3) is 0 Å². The number of rotatable bonds is 4. The molecule has 1 saturated carbocycles. The van der Waals surface area contributed by atoms with Crippen LogP contribution in [0.15, 0.2) is 16.6 Å². The third kappa shape index (κ3) is 3.34. The first-order valence-electron chi connectivity index (χ1n) is 7.25. The van der Waals surface area contributed by atoms with Crippen molar-refractivity contribution in [3.8, 4) is 0 Å². The van der Waals surface area contributed by atoms with Crippen LogP contribution in [0.3, 0.4) is 0 Å². The van der Waals surface area contributed by atoms with Crippen molar-refractivity contribution in [1.82, 2.24) is 0 Å². The van der Waals surface area contributed by atoms with Gasteiger partial charge in [-0.25, -0.2) is 8.78 Å². The van der Waals surface area contributed by atoms with Gasteiger partial charge in [0.15, 0.2) is 0 Å². The average molecular weight is 360 g/mol. The summed E-state index contributed by atoms with van der Waals surface area (Å²) in [5, 5.41) is 0. The zero-order valence-electron chi connectivity index (χ0n) is 12.1. The molecule has 1 aromatic carbocycles. The lowest BCUT2D eigenvalue weighted by Crippen LogP contribution is -2.42. The van der Waals surface area contributed by atoms with Crippen molar-refractivity contribution in [3.63, 3.8) is 0 Å². The Hall–Kier alpha value is -0.810. The predicted molar refractivity (Wildman–Crippen MR) is 81.9 cm³/mol. The van der Waals surface area contributed by atoms with E-state index in [0.29, 0.717) is 18.8 Å². The van der Waals surface area contributed by atoms with Gasteiger partial charge in [0.05, 0.1) is 4.47 Å². The fourth-order valence-corrected chi connectivity index (χ4v) is 3.36. The fraction of sp³-hybridized carbons (Fsp3) is 0.562. The Kier molecular flexibility index (Phi) is 5.15. The van der Waals surface area contributed by atoms with Crippen LogP contribution in [0, 0.1) is 23.0 Å². The van der Waals surface area contributed by atoms with E-state index in [0.717, 1.165) is 12.8 Å². The molecule has 1 aliphatic carbocycles. The molecule has 0 atom stereocenters. The van der Waals surface area contributed by atoms with Gasteiger partial charge in [0.2, 0.25) is 0 Å². The molecule has 0 aliphatic heterocycles. The highest BCUT2D eigenvalue weighted by molar-refractivity contribution is 9.10. The van der Waals surface area contributed by atoms with Gasteiger partial charge in [-0.2, -0.15) is 0 Å². The summed E-state index contributed by atoms with van der Waals surface area (Å²) in [5.41, 5.74) is 5.04. The van der Waals surface area contributed by atoms with E-state index in [1.165, 1.54) is 12.1 Å². The quantitative estimate of drug-likeness (QED) is 0.825. The molecule has 21 heavy (non-hydrogen) atoms. The zero-order valence-corrected chi connectivity index (χ0v) is 13.7. The van der Waals surface area contributed by atoms with E-state index in [-0.39, 0.29) is 28.8 Å². The minimum atomic E-state index is -0.695. The lowest BCUT2D eigenvalue weighted by atomic mass is 9.67. The van der Waals surface area contributed by atoms with E-state index in [9.17, 15) is 13.6 Å². The molecule has 0 saturated heterocycles. The minimum Gasteiger partial charge on any atom is -0.329 e. The molecule has 0 spiro atoms. The van der Waals surface area contributed by atoms with Gasteiger partial charge in [-0.3, -0.25) is 4.79 Å². The number of carbonyl (C=O) groups excluding carboxylic acids is 1. The van der Waals surface area contributed by atoms with Crippen LogP contribution in [0.4, 0.5) is 8.78 Å². The summed E-state index contributed by atoms with van der Waals surface area (Å²) in [4.78, 5) is 12.6. The first-order chi connectivity index (χ1) is 9.89. The predicted octanol–water partition coefficient (Wildman–Crippen LogP) is 3.99. The van der Waals surface area contributed by atoms with E-state index >= 15 is 0 Å². The summed E-state index contributed by atoms with van der Waals surface area (Å²) in [6.07, 6.45) is 3.06. The molecule has 0 radical (unpaired) electrons. The third-order valence-corrected chi connectivity index (χ3v) is 5.30. The molecule has 0 aromatic heterocycles. The minimum absolute atomic E-state index is 0.146. The van der Waals surface area contributed by atoms with E-state index in [2.05, 4.69) is 22.9 Å². The Morgan fingerprint density at radius 2 is 2.00 bits per heavy atom. The van der Waals surface area contributed by atoms with Crippen molar-refractivity contribution in [1.29, 1.82) is 0 Å². The zero-order chi connectivity index (χ0) is 15.6. The van der Waals surface area contributed by atoms with Crippen molar-refractivity contribution in [2.24, 2.45) is 17.1 Å². The van der Waals surface area contributed by atoms with Crippen LogP contribution in [-0.2, 0) is 11.2 Å². The lowest BCUT2D eigenvalue weighted by molar-refractivity contribution is -0.129. The molecule has 0 unspecified atom stereocenters. The van der Waals surface area contributed by atoms with E-state index in [1.807, 2.05) is 0 Å². The number of ketones is 1. The number of hydrogen-bond acceptors (Lipinski definition) is 2. The van der Waals surface area contributed by atoms with Gasteiger partial charge >= 0.3 is 0 Å². The van der Waals surface area contributed by atoms with Crippen LogP contribution >= 0.6 is 15.9 Å². The SMILES string of the molecule is CC1CCC(CN)(C(=O)Cc2c(F)ccc(Br)c2F)CC1. The molecule has 0 amide bonds. The van der Waals surface area contributed by atoms with Gasteiger partial charge in [-0.1, -0.05) is 6.92 Å². The first-order valence-corrected chi connectivity index (χ1v) is 8.04. The Bertz CT molecular complexity index is 539. The normalized spacial score (nSPS) is 25.9. The fourth-order valence-electron chi connectivity index (χ4n) is 2.99. The van der Waals surface area contributed by atoms with Gasteiger partial charge < -0.3 is 5.73 Å².